The zero-order valence-corrected chi connectivity index (χ0v) is 13.6. The maximum absolute atomic E-state index is 12.1. The van der Waals surface area contributed by atoms with Crippen LogP contribution in [-0.2, 0) is 4.79 Å². The van der Waals surface area contributed by atoms with Crippen molar-refractivity contribution in [3.8, 4) is 10.6 Å². The number of halogens is 1. The van der Waals surface area contributed by atoms with Gasteiger partial charge in [-0.15, -0.1) is 11.3 Å². The molecule has 3 nitrogen and oxygen atoms in total. The molecule has 0 saturated heterocycles. The number of thiophene rings is 1. The van der Waals surface area contributed by atoms with E-state index in [0.717, 1.165) is 27.5 Å². The van der Waals surface area contributed by atoms with Crippen molar-refractivity contribution in [3.05, 3.63) is 56.7 Å². The van der Waals surface area contributed by atoms with Crippen LogP contribution in [-0.4, -0.2) is 10.9 Å². The van der Waals surface area contributed by atoms with Crippen molar-refractivity contribution in [2.45, 2.75) is 0 Å². The smallest absolute Gasteiger partial charge is 0.256 e. The highest BCUT2D eigenvalue weighted by Gasteiger charge is 2.24. The molecular formula is C16H9ClN2OS2. The first-order chi connectivity index (χ1) is 10.7. The summed E-state index contributed by atoms with van der Waals surface area (Å²) in [5, 5.41) is 10.4. The van der Waals surface area contributed by atoms with Crippen molar-refractivity contribution in [1.82, 2.24) is 4.98 Å². The molecular weight excluding hydrogens is 336 g/mol. The summed E-state index contributed by atoms with van der Waals surface area (Å²) in [6, 6.07) is 7.44. The third-order valence-corrected chi connectivity index (χ3v) is 5.17. The van der Waals surface area contributed by atoms with Crippen molar-refractivity contribution in [2.75, 3.05) is 5.32 Å². The van der Waals surface area contributed by atoms with E-state index in [9.17, 15) is 4.79 Å². The van der Waals surface area contributed by atoms with Gasteiger partial charge in [0, 0.05) is 26.9 Å². The molecule has 1 aromatic carbocycles. The van der Waals surface area contributed by atoms with Gasteiger partial charge in [0.25, 0.3) is 5.91 Å². The number of amides is 1. The van der Waals surface area contributed by atoms with Gasteiger partial charge in [0.2, 0.25) is 0 Å². The molecule has 0 radical (unpaired) electrons. The van der Waals surface area contributed by atoms with Gasteiger partial charge in [-0.05, 0) is 29.7 Å². The Hall–Kier alpha value is -1.95. The highest BCUT2D eigenvalue weighted by Crippen LogP contribution is 2.35. The van der Waals surface area contributed by atoms with E-state index in [4.69, 9.17) is 11.6 Å². The Balaban J connectivity index is 1.73. The second kappa shape index (κ2) is 5.35. The Morgan fingerprint density at radius 2 is 2.14 bits per heavy atom. The van der Waals surface area contributed by atoms with Crippen LogP contribution in [0.1, 0.15) is 11.3 Å². The molecule has 4 rings (SSSR count). The summed E-state index contributed by atoms with van der Waals surface area (Å²) in [5.41, 5.74) is 4.13. The molecule has 0 atom stereocenters. The number of carbonyl (C=O) groups is 1. The Morgan fingerprint density at radius 1 is 1.23 bits per heavy atom. The summed E-state index contributed by atoms with van der Waals surface area (Å²) in [6.45, 7) is 0. The topological polar surface area (TPSA) is 42.0 Å². The van der Waals surface area contributed by atoms with Gasteiger partial charge in [-0.1, -0.05) is 17.7 Å². The third-order valence-electron chi connectivity index (χ3n) is 3.35. The number of anilines is 1. The van der Waals surface area contributed by atoms with Gasteiger partial charge >= 0.3 is 0 Å². The first kappa shape index (κ1) is 13.7. The van der Waals surface area contributed by atoms with Gasteiger partial charge in [-0.3, -0.25) is 4.79 Å². The molecule has 1 N–H and O–H groups in total. The van der Waals surface area contributed by atoms with Crippen LogP contribution in [0.3, 0.4) is 0 Å². The van der Waals surface area contributed by atoms with Gasteiger partial charge in [-0.25, -0.2) is 4.98 Å². The predicted molar refractivity (Wildman–Crippen MR) is 93.4 cm³/mol. The lowest BCUT2D eigenvalue weighted by molar-refractivity contribution is -0.110. The van der Waals surface area contributed by atoms with E-state index >= 15 is 0 Å². The number of benzene rings is 1. The standard InChI is InChI=1S/C16H9ClN2OS2/c17-10-1-2-12-13(15(20)19-14(12)5-10)6-11-8-22-16(18-11)9-3-4-21-7-9/h1-8H,(H,19,20)/b13-6+. The average Bonchev–Trinajstić information content (AvgIpc) is 3.20. The number of nitrogens with zero attached hydrogens (tertiary/aromatic N) is 1. The van der Waals surface area contributed by atoms with Gasteiger partial charge in [0.15, 0.2) is 0 Å². The molecule has 3 aromatic rings. The van der Waals surface area contributed by atoms with Crippen LogP contribution < -0.4 is 5.32 Å². The molecule has 0 fully saturated rings. The maximum atomic E-state index is 12.1. The highest BCUT2D eigenvalue weighted by molar-refractivity contribution is 7.14. The van der Waals surface area contributed by atoms with Crippen LogP contribution in [0.15, 0.2) is 40.4 Å². The van der Waals surface area contributed by atoms with E-state index < -0.39 is 0 Å². The molecule has 1 amide bonds. The predicted octanol–water partition coefficient (Wildman–Crippen LogP) is 5.02. The summed E-state index contributed by atoms with van der Waals surface area (Å²) in [5.74, 6) is -0.123. The number of hydrogen-bond acceptors (Lipinski definition) is 4. The second-order valence-corrected chi connectivity index (χ2v) is 6.87. The summed E-state index contributed by atoms with van der Waals surface area (Å²) in [4.78, 5) is 16.7. The average molecular weight is 345 g/mol. The van der Waals surface area contributed by atoms with Crippen LogP contribution in [0.25, 0.3) is 22.2 Å². The fraction of sp³-hybridized carbons (Fsp3) is 0. The molecule has 0 spiro atoms. The van der Waals surface area contributed by atoms with E-state index in [1.807, 2.05) is 29.0 Å². The second-order valence-electron chi connectivity index (χ2n) is 4.79. The van der Waals surface area contributed by atoms with Gasteiger partial charge in [-0.2, -0.15) is 11.3 Å². The number of nitrogens with one attached hydrogen (secondary N) is 1. The normalized spacial score (nSPS) is 15.1. The summed E-state index contributed by atoms with van der Waals surface area (Å²) in [6.07, 6.45) is 1.82. The minimum absolute atomic E-state index is 0.123. The molecule has 0 unspecified atom stereocenters. The molecule has 3 heterocycles. The number of thiazole rings is 1. The van der Waals surface area contributed by atoms with Crippen LogP contribution in [0.5, 0.6) is 0 Å². The van der Waals surface area contributed by atoms with Crippen LogP contribution >= 0.6 is 34.3 Å². The van der Waals surface area contributed by atoms with E-state index in [1.165, 1.54) is 0 Å². The van der Waals surface area contributed by atoms with Crippen LogP contribution in [0.2, 0.25) is 5.02 Å². The van der Waals surface area contributed by atoms with Crippen LogP contribution in [0, 0.1) is 0 Å². The molecule has 0 bridgehead atoms. The maximum Gasteiger partial charge on any atom is 0.256 e. The molecule has 1 aliphatic heterocycles. The fourth-order valence-corrected chi connectivity index (χ4v) is 3.99. The van der Waals surface area contributed by atoms with E-state index in [1.54, 1.807) is 34.8 Å². The quantitative estimate of drug-likeness (QED) is 0.663. The zero-order chi connectivity index (χ0) is 15.1. The number of hydrogen-bond donors (Lipinski definition) is 1. The van der Waals surface area contributed by atoms with Gasteiger partial charge < -0.3 is 5.32 Å². The lowest BCUT2D eigenvalue weighted by atomic mass is 10.1. The SMILES string of the molecule is O=C1Nc2cc(Cl)ccc2/C1=C\c1csc(-c2ccsc2)n1. The molecule has 2 aromatic heterocycles. The Labute approximate surface area is 139 Å². The zero-order valence-electron chi connectivity index (χ0n) is 11.2. The third kappa shape index (κ3) is 2.37. The lowest BCUT2D eigenvalue weighted by Gasteiger charge is -1.97. The Morgan fingerprint density at radius 3 is 2.95 bits per heavy atom. The van der Waals surface area contributed by atoms with Crippen LogP contribution in [0.4, 0.5) is 5.69 Å². The first-order valence-corrected chi connectivity index (χ1v) is 8.72. The fourth-order valence-electron chi connectivity index (χ4n) is 2.33. The van der Waals surface area contributed by atoms with Crippen molar-refractivity contribution < 1.29 is 4.79 Å². The van der Waals surface area contributed by atoms with E-state index in [2.05, 4.69) is 15.7 Å². The molecule has 6 heteroatoms. The number of carbonyl (C=O) groups excluding carboxylic acids is 1. The Bertz CT molecular complexity index is 897. The molecule has 0 saturated carbocycles. The number of aromatic nitrogens is 1. The Kier molecular flexibility index (Phi) is 3.33. The molecule has 0 aliphatic carbocycles. The molecule has 108 valence electrons. The van der Waals surface area contributed by atoms with E-state index in [0.29, 0.717) is 10.6 Å². The summed E-state index contributed by atoms with van der Waals surface area (Å²) in [7, 11) is 0. The van der Waals surface area contributed by atoms with Gasteiger partial charge in [0.1, 0.15) is 5.01 Å². The van der Waals surface area contributed by atoms with Crippen molar-refractivity contribution in [3.63, 3.8) is 0 Å². The summed E-state index contributed by atoms with van der Waals surface area (Å²) >= 11 is 9.18. The minimum Gasteiger partial charge on any atom is -0.321 e. The molecule has 1 aliphatic rings. The number of fused-ring (bicyclic) bond motifs is 1. The monoisotopic (exact) mass is 344 g/mol. The first-order valence-electron chi connectivity index (χ1n) is 6.52. The largest absolute Gasteiger partial charge is 0.321 e. The van der Waals surface area contributed by atoms with Crippen molar-refractivity contribution in [2.24, 2.45) is 0 Å². The summed E-state index contributed by atoms with van der Waals surface area (Å²) < 4.78 is 0. The highest BCUT2D eigenvalue weighted by atomic mass is 35.5. The van der Waals surface area contributed by atoms with Gasteiger partial charge in [0.05, 0.1) is 17.0 Å². The lowest BCUT2D eigenvalue weighted by Crippen LogP contribution is -2.03. The van der Waals surface area contributed by atoms with Crippen molar-refractivity contribution >= 4 is 57.5 Å². The number of rotatable bonds is 2. The minimum atomic E-state index is -0.123. The molecule has 22 heavy (non-hydrogen) atoms. The van der Waals surface area contributed by atoms with E-state index in [-0.39, 0.29) is 5.91 Å². The van der Waals surface area contributed by atoms with Crippen molar-refractivity contribution in [1.29, 1.82) is 0 Å².